The van der Waals surface area contributed by atoms with Gasteiger partial charge < -0.3 is 15.4 Å². The Hall–Kier alpha value is -3.14. The third-order valence-electron chi connectivity index (χ3n) is 4.69. The summed E-state index contributed by atoms with van der Waals surface area (Å²) in [6, 6.07) is 5.77. The average Bonchev–Trinajstić information content (AvgIpc) is 2.70. The van der Waals surface area contributed by atoms with E-state index in [1.165, 1.54) is 18.2 Å². The molecule has 0 amide bonds. The van der Waals surface area contributed by atoms with E-state index in [1.807, 2.05) is 0 Å². The number of piperidine rings is 1. The number of benzene rings is 1. The van der Waals surface area contributed by atoms with Crippen molar-refractivity contribution in [3.05, 3.63) is 52.2 Å². The first kappa shape index (κ1) is 19.6. The molecule has 2 N–H and O–H groups in total. The Balaban J connectivity index is 1.95. The van der Waals surface area contributed by atoms with E-state index in [9.17, 15) is 19.3 Å². The van der Waals surface area contributed by atoms with E-state index in [0.29, 0.717) is 6.42 Å². The molecule has 3 rings (SSSR count). The molecule has 0 aliphatic carbocycles. The number of hydrogen-bond acceptors (Lipinski definition) is 8. The molecule has 9 nitrogen and oxygen atoms in total. The van der Waals surface area contributed by atoms with E-state index >= 15 is 0 Å². The summed E-state index contributed by atoms with van der Waals surface area (Å²) >= 11 is 0. The normalized spacial score (nSPS) is 15.6. The number of halogens is 1. The Morgan fingerprint density at radius 2 is 2.11 bits per heavy atom. The van der Waals surface area contributed by atoms with Crippen LogP contribution in [0.5, 0.6) is 0 Å². The predicted molar refractivity (Wildman–Crippen MR) is 98.5 cm³/mol. The molecule has 1 aromatic heterocycles. The molecule has 1 aromatic carbocycles. The summed E-state index contributed by atoms with van der Waals surface area (Å²) in [7, 11) is 0. The Labute approximate surface area is 160 Å². The number of aromatic nitrogens is 2. The highest BCUT2D eigenvalue weighted by atomic mass is 19.1. The minimum absolute atomic E-state index is 0.00975. The van der Waals surface area contributed by atoms with Gasteiger partial charge in [-0.25, -0.2) is 14.4 Å². The highest BCUT2D eigenvalue weighted by molar-refractivity contribution is 5.67. The Kier molecular flexibility index (Phi) is 6.43. The van der Waals surface area contributed by atoms with Crippen LogP contribution >= 0.6 is 0 Å². The van der Waals surface area contributed by atoms with Gasteiger partial charge in [-0.15, -0.1) is 0 Å². The van der Waals surface area contributed by atoms with Crippen LogP contribution in [-0.2, 0) is 9.53 Å². The maximum absolute atomic E-state index is 13.9. The summed E-state index contributed by atoms with van der Waals surface area (Å²) in [5, 5.41) is 17.6. The van der Waals surface area contributed by atoms with Crippen LogP contribution in [-0.4, -0.2) is 34.5 Å². The van der Waals surface area contributed by atoms with Crippen LogP contribution < -0.4 is 10.6 Å². The quantitative estimate of drug-likeness (QED) is 0.402. The highest BCUT2D eigenvalue weighted by Gasteiger charge is 2.32. The van der Waals surface area contributed by atoms with E-state index in [-0.39, 0.29) is 29.6 Å². The number of rotatable bonds is 8. The first-order chi connectivity index (χ1) is 13.6. The fourth-order valence-electron chi connectivity index (χ4n) is 3.31. The van der Waals surface area contributed by atoms with Crippen molar-refractivity contribution in [1.29, 1.82) is 0 Å². The largest absolute Gasteiger partial charge is 0.458 e. The van der Waals surface area contributed by atoms with E-state index in [0.717, 1.165) is 32.3 Å². The van der Waals surface area contributed by atoms with E-state index in [1.54, 1.807) is 6.07 Å². The monoisotopic (exact) mass is 389 g/mol. The molecule has 0 saturated carbocycles. The second-order valence-corrected chi connectivity index (χ2v) is 6.47. The summed E-state index contributed by atoms with van der Waals surface area (Å²) in [6.07, 6.45) is 2.41. The van der Waals surface area contributed by atoms with Crippen LogP contribution in [0.4, 0.5) is 21.6 Å². The van der Waals surface area contributed by atoms with Crippen molar-refractivity contribution in [1.82, 2.24) is 15.3 Å². The van der Waals surface area contributed by atoms with Gasteiger partial charge in [0.1, 0.15) is 12.1 Å². The Bertz CT molecular complexity index is 844. The summed E-state index contributed by atoms with van der Waals surface area (Å²) in [4.78, 5) is 30.0. The van der Waals surface area contributed by atoms with Crippen LogP contribution in [0, 0.1) is 21.8 Å². The number of nitrogens with zero attached hydrogens (tertiary/aromatic N) is 3. The van der Waals surface area contributed by atoms with Crippen molar-refractivity contribution in [2.45, 2.75) is 25.4 Å². The van der Waals surface area contributed by atoms with Crippen molar-refractivity contribution < 1.29 is 18.8 Å². The maximum Gasteiger partial charge on any atom is 0.336 e. The lowest BCUT2D eigenvalue weighted by atomic mass is 9.90. The number of anilines is 2. The van der Waals surface area contributed by atoms with Gasteiger partial charge in [0.2, 0.25) is 5.82 Å². The molecule has 1 aliphatic heterocycles. The standard InChI is InChI=1S/C18H20FN5O4/c19-13-3-1-2-4-14(13)23-18-17(24(26)27)16(21-10-22-18)15(28-11-25)9-12-5-7-20-8-6-12/h1-4,10-12,15,20H,5-9H2,(H,21,22,23). The van der Waals surface area contributed by atoms with Gasteiger partial charge in [-0.3, -0.25) is 14.9 Å². The van der Waals surface area contributed by atoms with Gasteiger partial charge >= 0.3 is 5.69 Å². The number of nitro groups is 1. The molecule has 0 bridgehead atoms. The lowest BCUT2D eigenvalue weighted by Crippen LogP contribution is -2.29. The predicted octanol–water partition coefficient (Wildman–Crippen LogP) is 2.87. The topological polar surface area (TPSA) is 119 Å². The first-order valence-corrected chi connectivity index (χ1v) is 8.90. The zero-order valence-electron chi connectivity index (χ0n) is 15.0. The van der Waals surface area contributed by atoms with Crippen molar-refractivity contribution in [2.75, 3.05) is 18.4 Å². The van der Waals surface area contributed by atoms with Crippen molar-refractivity contribution in [3.8, 4) is 0 Å². The van der Waals surface area contributed by atoms with Gasteiger partial charge in [0, 0.05) is 0 Å². The van der Waals surface area contributed by atoms with Gasteiger partial charge in [0.15, 0.2) is 11.8 Å². The third-order valence-corrected chi connectivity index (χ3v) is 4.69. The molecule has 148 valence electrons. The summed E-state index contributed by atoms with van der Waals surface area (Å²) in [5.74, 6) is -0.499. The second kappa shape index (κ2) is 9.18. The first-order valence-electron chi connectivity index (χ1n) is 8.90. The van der Waals surface area contributed by atoms with E-state index in [2.05, 4.69) is 20.6 Å². The number of carbonyl (C=O) groups is 1. The minimum atomic E-state index is -0.884. The van der Waals surface area contributed by atoms with Gasteiger partial charge in [-0.05, 0) is 50.4 Å². The van der Waals surface area contributed by atoms with Crippen molar-refractivity contribution in [3.63, 3.8) is 0 Å². The molecule has 0 spiro atoms. The molecule has 1 saturated heterocycles. The number of para-hydroxylation sites is 1. The Morgan fingerprint density at radius 3 is 2.79 bits per heavy atom. The summed E-state index contributed by atoms with van der Waals surface area (Å²) < 4.78 is 19.1. The zero-order valence-corrected chi connectivity index (χ0v) is 15.0. The van der Waals surface area contributed by atoms with Crippen molar-refractivity contribution in [2.24, 2.45) is 5.92 Å². The maximum atomic E-state index is 13.9. The SMILES string of the molecule is O=COC(CC1CCNCC1)c1ncnc(Nc2ccccc2F)c1[N+](=O)[O-]. The van der Waals surface area contributed by atoms with Gasteiger partial charge in [0.05, 0.1) is 10.6 Å². The van der Waals surface area contributed by atoms with Crippen LogP contribution in [0.25, 0.3) is 0 Å². The zero-order chi connectivity index (χ0) is 19.9. The molecule has 10 heteroatoms. The van der Waals surface area contributed by atoms with Crippen LogP contribution in [0.15, 0.2) is 30.6 Å². The van der Waals surface area contributed by atoms with E-state index < -0.39 is 22.5 Å². The molecule has 1 fully saturated rings. The number of ether oxygens (including phenoxy) is 1. The number of hydrogen-bond donors (Lipinski definition) is 2. The van der Waals surface area contributed by atoms with Crippen LogP contribution in [0.2, 0.25) is 0 Å². The number of nitrogens with one attached hydrogen (secondary N) is 2. The average molecular weight is 389 g/mol. The Morgan fingerprint density at radius 1 is 1.36 bits per heavy atom. The fraction of sp³-hybridized carbons (Fsp3) is 0.389. The molecule has 1 aliphatic rings. The molecular formula is C18H20FN5O4. The van der Waals surface area contributed by atoms with Crippen LogP contribution in [0.1, 0.15) is 31.1 Å². The lowest BCUT2D eigenvalue weighted by molar-refractivity contribution is -0.385. The smallest absolute Gasteiger partial charge is 0.336 e. The minimum Gasteiger partial charge on any atom is -0.458 e. The highest BCUT2D eigenvalue weighted by Crippen LogP contribution is 2.36. The molecule has 28 heavy (non-hydrogen) atoms. The summed E-state index contributed by atoms with van der Waals surface area (Å²) in [5.41, 5.74) is -0.405. The fourth-order valence-corrected chi connectivity index (χ4v) is 3.31. The van der Waals surface area contributed by atoms with Gasteiger partial charge in [0.25, 0.3) is 6.47 Å². The summed E-state index contributed by atoms with van der Waals surface area (Å²) in [6.45, 7) is 1.94. The molecule has 2 heterocycles. The molecule has 0 radical (unpaired) electrons. The van der Waals surface area contributed by atoms with Crippen LogP contribution in [0.3, 0.4) is 0 Å². The van der Waals surface area contributed by atoms with E-state index in [4.69, 9.17) is 4.74 Å². The number of carbonyl (C=O) groups excluding carboxylic acids is 1. The second-order valence-electron chi connectivity index (χ2n) is 6.47. The lowest BCUT2D eigenvalue weighted by Gasteiger charge is -2.25. The van der Waals surface area contributed by atoms with Gasteiger partial charge in [-0.2, -0.15) is 0 Å². The molecule has 1 atom stereocenters. The van der Waals surface area contributed by atoms with Gasteiger partial charge in [-0.1, -0.05) is 12.1 Å². The molecule has 1 unspecified atom stereocenters. The van der Waals surface area contributed by atoms with Crippen molar-refractivity contribution >= 4 is 23.7 Å². The molecule has 2 aromatic rings. The third kappa shape index (κ3) is 4.58. The molecular weight excluding hydrogens is 369 g/mol.